The van der Waals surface area contributed by atoms with Crippen molar-refractivity contribution < 1.29 is 47.5 Å². The molecule has 2 aliphatic rings. The number of carbonyl (C=O) groups excluding carboxylic acids is 3. The van der Waals surface area contributed by atoms with E-state index in [1.165, 1.54) is 20.8 Å². The van der Waals surface area contributed by atoms with Crippen LogP contribution < -0.4 is 0 Å². The lowest BCUT2D eigenvalue weighted by Gasteiger charge is -2.40. The second kappa shape index (κ2) is 9.26. The van der Waals surface area contributed by atoms with Crippen molar-refractivity contribution in [3.63, 3.8) is 0 Å². The minimum Gasteiger partial charge on any atom is -0.463 e. The van der Waals surface area contributed by atoms with Gasteiger partial charge in [-0.15, -0.1) is 0 Å². The predicted molar refractivity (Wildman–Crippen MR) is 82.6 cm³/mol. The summed E-state index contributed by atoms with van der Waals surface area (Å²) in [5, 5.41) is 0. The summed E-state index contributed by atoms with van der Waals surface area (Å²) in [7, 11) is 0. The van der Waals surface area contributed by atoms with Crippen LogP contribution in [0.1, 0.15) is 27.7 Å². The zero-order valence-electron chi connectivity index (χ0n) is 15.2. The second-order valence-electron chi connectivity index (χ2n) is 5.82. The van der Waals surface area contributed by atoms with E-state index in [0.29, 0.717) is 6.61 Å². The summed E-state index contributed by atoms with van der Waals surface area (Å²) in [6.45, 7) is 5.93. The quantitative estimate of drug-likeness (QED) is 0.441. The Balaban J connectivity index is 2.20. The maximum absolute atomic E-state index is 11.5. The highest BCUT2D eigenvalue weighted by atomic mass is 16.8. The van der Waals surface area contributed by atoms with E-state index >= 15 is 0 Å². The van der Waals surface area contributed by atoms with Gasteiger partial charge in [-0.25, -0.2) is 0 Å². The first kappa shape index (κ1) is 20.6. The lowest BCUT2D eigenvalue weighted by Crippen LogP contribution is -2.60. The molecule has 2 fully saturated rings. The Labute approximate surface area is 150 Å². The fraction of sp³-hybridized carbons (Fsp3) is 0.812. The van der Waals surface area contributed by atoms with Gasteiger partial charge in [0.25, 0.3) is 0 Å². The highest BCUT2D eigenvalue weighted by Gasteiger charge is 2.55. The average Bonchev–Trinajstić information content (AvgIpc) is 2.95. The molecule has 0 aromatic heterocycles. The maximum Gasteiger partial charge on any atom is 0.303 e. The van der Waals surface area contributed by atoms with Gasteiger partial charge in [0, 0.05) is 27.4 Å². The molecule has 1 unspecified atom stereocenters. The highest BCUT2D eigenvalue weighted by molar-refractivity contribution is 5.67. The van der Waals surface area contributed by atoms with Crippen molar-refractivity contribution >= 4 is 17.9 Å². The van der Waals surface area contributed by atoms with Crippen LogP contribution >= 0.6 is 0 Å². The predicted octanol–water partition coefficient (Wildman–Crippen LogP) is -0.0842. The molecule has 0 bridgehead atoms. The Bertz CT molecular complexity index is 521. The van der Waals surface area contributed by atoms with Crippen molar-refractivity contribution in [1.29, 1.82) is 0 Å². The SMILES string of the molecule is CCOCC1O[C@@H]2O[C@H](COC(C)=O)[C@@H](OC(C)=O)[C@H](OC(C)=O)[C@@H]2O1. The van der Waals surface area contributed by atoms with E-state index in [-0.39, 0.29) is 13.2 Å². The minimum absolute atomic E-state index is 0.159. The summed E-state index contributed by atoms with van der Waals surface area (Å²) in [6.07, 6.45) is -5.33. The molecule has 0 amide bonds. The van der Waals surface area contributed by atoms with Gasteiger partial charge >= 0.3 is 17.9 Å². The number of hydrogen-bond acceptors (Lipinski definition) is 10. The summed E-state index contributed by atoms with van der Waals surface area (Å²) in [5.74, 6) is -1.72. The van der Waals surface area contributed by atoms with E-state index in [0.717, 1.165) is 0 Å². The standard InChI is InChI=1S/C16H24O10/c1-5-20-7-12-25-15-14(23-10(4)19)13(22-9(3)18)11(6-21-8(2)17)24-16(15)26-12/h11-16H,5-7H2,1-4H3/t11-,12?,13-,14+,15+,16+/m1/s1. The molecule has 0 aromatic rings. The van der Waals surface area contributed by atoms with Gasteiger partial charge in [-0.05, 0) is 6.92 Å². The van der Waals surface area contributed by atoms with E-state index in [1.54, 1.807) is 0 Å². The Morgan fingerprint density at radius 2 is 1.50 bits per heavy atom. The van der Waals surface area contributed by atoms with Gasteiger partial charge in [0.05, 0.1) is 6.61 Å². The van der Waals surface area contributed by atoms with E-state index in [1.807, 2.05) is 6.92 Å². The molecule has 6 atom stereocenters. The molecule has 0 N–H and O–H groups in total. The van der Waals surface area contributed by atoms with Crippen LogP contribution in [0.5, 0.6) is 0 Å². The van der Waals surface area contributed by atoms with Crippen molar-refractivity contribution in [2.75, 3.05) is 19.8 Å². The zero-order chi connectivity index (χ0) is 19.3. The van der Waals surface area contributed by atoms with Crippen LogP contribution in [0.3, 0.4) is 0 Å². The Morgan fingerprint density at radius 3 is 2.08 bits per heavy atom. The van der Waals surface area contributed by atoms with Gasteiger partial charge in [0.15, 0.2) is 30.9 Å². The van der Waals surface area contributed by atoms with Crippen molar-refractivity contribution in [2.45, 2.75) is 64.7 Å². The molecule has 2 aliphatic heterocycles. The molecule has 0 saturated carbocycles. The second-order valence-corrected chi connectivity index (χ2v) is 5.82. The molecule has 148 valence electrons. The fourth-order valence-corrected chi connectivity index (χ4v) is 2.78. The Hall–Kier alpha value is -1.75. The number of rotatable bonds is 7. The molecule has 0 radical (unpaired) electrons. The minimum atomic E-state index is -1.02. The maximum atomic E-state index is 11.5. The first-order valence-corrected chi connectivity index (χ1v) is 8.33. The number of carbonyl (C=O) groups is 3. The van der Waals surface area contributed by atoms with E-state index in [9.17, 15) is 14.4 Å². The molecule has 2 rings (SSSR count). The molecule has 2 saturated heterocycles. The normalized spacial score (nSPS) is 33.2. The molecule has 2 heterocycles. The summed E-state index contributed by atoms with van der Waals surface area (Å²) in [6, 6.07) is 0. The van der Waals surface area contributed by atoms with Crippen LogP contribution in [0.25, 0.3) is 0 Å². The molecule has 10 nitrogen and oxygen atoms in total. The van der Waals surface area contributed by atoms with Crippen molar-refractivity contribution in [1.82, 2.24) is 0 Å². The van der Waals surface area contributed by atoms with Crippen LogP contribution in [0, 0.1) is 0 Å². The molecule has 0 spiro atoms. The molecule has 10 heteroatoms. The first-order valence-electron chi connectivity index (χ1n) is 8.33. The van der Waals surface area contributed by atoms with Gasteiger partial charge in [-0.3, -0.25) is 14.4 Å². The number of ether oxygens (including phenoxy) is 7. The third kappa shape index (κ3) is 5.37. The lowest BCUT2D eigenvalue weighted by atomic mass is 9.98. The molecular formula is C16H24O10. The van der Waals surface area contributed by atoms with Crippen LogP contribution in [0.2, 0.25) is 0 Å². The molecule has 0 aliphatic carbocycles. The average molecular weight is 376 g/mol. The van der Waals surface area contributed by atoms with Crippen LogP contribution in [-0.2, 0) is 47.5 Å². The largest absolute Gasteiger partial charge is 0.463 e. The molecular weight excluding hydrogens is 352 g/mol. The van der Waals surface area contributed by atoms with Gasteiger partial charge in [0.2, 0.25) is 0 Å². The van der Waals surface area contributed by atoms with Crippen LogP contribution in [-0.4, -0.2) is 74.7 Å². The number of hydrogen-bond donors (Lipinski definition) is 0. The topological polar surface area (TPSA) is 116 Å². The van der Waals surface area contributed by atoms with Gasteiger partial charge in [0.1, 0.15) is 12.7 Å². The molecule has 0 aromatic carbocycles. The van der Waals surface area contributed by atoms with Crippen LogP contribution in [0.15, 0.2) is 0 Å². The van der Waals surface area contributed by atoms with E-state index in [4.69, 9.17) is 33.2 Å². The Morgan fingerprint density at radius 1 is 0.846 bits per heavy atom. The fourth-order valence-electron chi connectivity index (χ4n) is 2.78. The summed E-state index contributed by atoms with van der Waals surface area (Å²) in [5.41, 5.74) is 0. The lowest BCUT2D eigenvalue weighted by molar-refractivity contribution is -0.264. The van der Waals surface area contributed by atoms with E-state index < -0.39 is 54.9 Å². The number of fused-ring (bicyclic) bond motifs is 1. The smallest absolute Gasteiger partial charge is 0.303 e. The van der Waals surface area contributed by atoms with Gasteiger partial charge in [-0.1, -0.05) is 0 Å². The third-order valence-corrected chi connectivity index (χ3v) is 3.70. The van der Waals surface area contributed by atoms with Gasteiger partial charge < -0.3 is 33.2 Å². The summed E-state index contributed by atoms with van der Waals surface area (Å²) < 4.78 is 37.9. The van der Waals surface area contributed by atoms with Crippen LogP contribution in [0.4, 0.5) is 0 Å². The summed E-state index contributed by atoms with van der Waals surface area (Å²) >= 11 is 0. The monoisotopic (exact) mass is 376 g/mol. The zero-order valence-corrected chi connectivity index (χ0v) is 15.2. The highest BCUT2D eigenvalue weighted by Crippen LogP contribution is 2.34. The molecule has 26 heavy (non-hydrogen) atoms. The van der Waals surface area contributed by atoms with Crippen molar-refractivity contribution in [3.05, 3.63) is 0 Å². The summed E-state index contributed by atoms with van der Waals surface area (Å²) in [4.78, 5) is 34.2. The van der Waals surface area contributed by atoms with Crippen molar-refractivity contribution in [3.8, 4) is 0 Å². The third-order valence-electron chi connectivity index (χ3n) is 3.70. The Kier molecular flexibility index (Phi) is 7.33. The van der Waals surface area contributed by atoms with E-state index in [2.05, 4.69) is 0 Å². The number of esters is 3. The van der Waals surface area contributed by atoms with Gasteiger partial charge in [-0.2, -0.15) is 0 Å². The first-order chi connectivity index (χ1) is 12.3. The van der Waals surface area contributed by atoms with Crippen molar-refractivity contribution in [2.24, 2.45) is 0 Å².